The third-order valence-corrected chi connectivity index (χ3v) is 9.86. The number of hydrogen-bond acceptors (Lipinski definition) is 6. The number of piperazine rings is 1. The molecule has 1 saturated heterocycles. The summed E-state index contributed by atoms with van der Waals surface area (Å²) in [6.45, 7) is 6.41. The number of fused-ring (bicyclic) bond motifs is 2. The Bertz CT molecular complexity index is 1480. The van der Waals surface area contributed by atoms with E-state index in [4.69, 9.17) is 9.97 Å². The predicted octanol–water partition coefficient (Wildman–Crippen LogP) is 4.85. The number of benzene rings is 2. The molecule has 8 heteroatoms. The Morgan fingerprint density at radius 2 is 1.67 bits per heavy atom. The number of anilines is 1. The maximum Gasteiger partial charge on any atom is 0.243 e. The molecule has 3 heterocycles. The molecule has 2 fully saturated rings. The van der Waals surface area contributed by atoms with Crippen molar-refractivity contribution in [3.05, 3.63) is 58.7 Å². The van der Waals surface area contributed by atoms with Crippen LogP contribution in [0.3, 0.4) is 0 Å². The van der Waals surface area contributed by atoms with Gasteiger partial charge in [0.05, 0.1) is 10.3 Å². The smallest absolute Gasteiger partial charge is 0.243 e. The second-order valence-electron chi connectivity index (χ2n) is 9.04. The molecule has 170 valence electrons. The van der Waals surface area contributed by atoms with Gasteiger partial charge in [-0.25, -0.2) is 18.4 Å². The Hall–Kier alpha value is -2.55. The van der Waals surface area contributed by atoms with Crippen molar-refractivity contribution < 1.29 is 8.42 Å². The van der Waals surface area contributed by atoms with E-state index in [9.17, 15) is 8.42 Å². The lowest BCUT2D eigenvalue weighted by Crippen LogP contribution is -2.49. The van der Waals surface area contributed by atoms with Gasteiger partial charge in [0, 0.05) is 37.0 Å². The third-order valence-electron chi connectivity index (χ3n) is 6.87. The molecule has 6 rings (SSSR count). The molecule has 1 aliphatic carbocycles. The maximum absolute atomic E-state index is 13.4. The van der Waals surface area contributed by atoms with Crippen LogP contribution in [-0.4, -0.2) is 48.9 Å². The second kappa shape index (κ2) is 7.75. The third kappa shape index (κ3) is 3.61. The van der Waals surface area contributed by atoms with E-state index in [2.05, 4.69) is 18.7 Å². The largest absolute Gasteiger partial charge is 0.353 e. The minimum absolute atomic E-state index is 0.361. The van der Waals surface area contributed by atoms with Crippen molar-refractivity contribution in [3.8, 4) is 0 Å². The number of sulfonamides is 1. The molecule has 6 nitrogen and oxygen atoms in total. The fourth-order valence-corrected chi connectivity index (χ4v) is 7.10. The molecular formula is C25H26N4O2S2. The standard InChI is InChI=1S/C25H26N4O2S2/c1-16-17(2)32-25-22(16)24(26-23(27-25)19-7-8-19)28-11-13-29(14-12-28)33(30,31)21-10-9-18-5-3-4-6-20(18)15-21/h3-6,9-10,15,19H,7-8,11-14H2,1-2H3. The fourth-order valence-electron chi connectivity index (χ4n) is 4.61. The minimum atomic E-state index is -3.54. The average Bonchev–Trinajstić information content (AvgIpc) is 3.64. The van der Waals surface area contributed by atoms with Crippen LogP contribution in [0.1, 0.15) is 35.0 Å². The molecule has 0 N–H and O–H groups in total. The monoisotopic (exact) mass is 478 g/mol. The van der Waals surface area contributed by atoms with E-state index in [1.165, 1.54) is 10.4 Å². The van der Waals surface area contributed by atoms with Crippen LogP contribution in [0.5, 0.6) is 0 Å². The Labute approximate surface area is 197 Å². The summed E-state index contributed by atoms with van der Waals surface area (Å²) in [5, 5.41) is 3.12. The van der Waals surface area contributed by atoms with Crippen molar-refractivity contribution in [2.45, 2.75) is 37.5 Å². The lowest BCUT2D eigenvalue weighted by atomic mass is 10.1. The van der Waals surface area contributed by atoms with E-state index in [-0.39, 0.29) is 0 Å². The first-order chi connectivity index (χ1) is 15.9. The predicted molar refractivity (Wildman–Crippen MR) is 134 cm³/mol. The van der Waals surface area contributed by atoms with Crippen LogP contribution in [0.4, 0.5) is 5.82 Å². The second-order valence-corrected chi connectivity index (χ2v) is 12.2. The van der Waals surface area contributed by atoms with Crippen molar-refractivity contribution in [3.63, 3.8) is 0 Å². The highest BCUT2D eigenvalue weighted by atomic mass is 32.2. The molecule has 0 radical (unpaired) electrons. The van der Waals surface area contributed by atoms with Gasteiger partial charge in [0.15, 0.2) is 0 Å². The summed E-state index contributed by atoms with van der Waals surface area (Å²) in [7, 11) is -3.54. The maximum atomic E-state index is 13.4. The zero-order valence-corrected chi connectivity index (χ0v) is 20.4. The van der Waals surface area contributed by atoms with Crippen molar-refractivity contribution in [1.29, 1.82) is 0 Å². The highest BCUT2D eigenvalue weighted by Crippen LogP contribution is 2.42. The first kappa shape index (κ1) is 21.0. The van der Waals surface area contributed by atoms with Crippen LogP contribution in [0, 0.1) is 13.8 Å². The van der Waals surface area contributed by atoms with Crippen LogP contribution < -0.4 is 4.90 Å². The average molecular weight is 479 g/mol. The molecule has 2 aromatic carbocycles. The zero-order chi connectivity index (χ0) is 22.7. The summed E-state index contributed by atoms with van der Waals surface area (Å²) in [5.74, 6) is 2.40. The molecule has 0 bridgehead atoms. The van der Waals surface area contributed by atoms with E-state index in [1.54, 1.807) is 27.8 Å². The van der Waals surface area contributed by atoms with Gasteiger partial charge in [-0.1, -0.05) is 30.3 Å². The highest BCUT2D eigenvalue weighted by Gasteiger charge is 2.32. The van der Waals surface area contributed by atoms with Crippen molar-refractivity contribution in [2.75, 3.05) is 31.1 Å². The number of thiophene rings is 1. The molecule has 1 aliphatic heterocycles. The molecule has 2 aromatic heterocycles. The topological polar surface area (TPSA) is 66.4 Å². The summed E-state index contributed by atoms with van der Waals surface area (Å²) < 4.78 is 28.4. The molecular weight excluding hydrogens is 452 g/mol. The Balaban J connectivity index is 1.29. The highest BCUT2D eigenvalue weighted by molar-refractivity contribution is 7.89. The summed E-state index contributed by atoms with van der Waals surface area (Å²) in [6.07, 6.45) is 2.32. The molecule has 0 amide bonds. The van der Waals surface area contributed by atoms with Crippen LogP contribution in [0.25, 0.3) is 21.0 Å². The Kier molecular flexibility index (Phi) is 4.94. The first-order valence-electron chi connectivity index (χ1n) is 11.4. The quantitative estimate of drug-likeness (QED) is 0.420. The number of aromatic nitrogens is 2. The van der Waals surface area contributed by atoms with Gasteiger partial charge in [0.1, 0.15) is 16.5 Å². The summed E-state index contributed by atoms with van der Waals surface area (Å²) in [6, 6.07) is 13.2. The molecule has 0 unspecified atom stereocenters. The molecule has 4 aromatic rings. The van der Waals surface area contributed by atoms with Crippen molar-refractivity contribution >= 4 is 48.2 Å². The number of aryl methyl sites for hydroxylation is 2. The number of hydrogen-bond donors (Lipinski definition) is 0. The van der Waals surface area contributed by atoms with Gasteiger partial charge >= 0.3 is 0 Å². The summed E-state index contributed by atoms with van der Waals surface area (Å²) in [4.78, 5) is 14.8. The summed E-state index contributed by atoms with van der Waals surface area (Å²) in [5.41, 5.74) is 1.23. The summed E-state index contributed by atoms with van der Waals surface area (Å²) >= 11 is 1.74. The minimum Gasteiger partial charge on any atom is -0.353 e. The van der Waals surface area contributed by atoms with E-state index in [0.717, 1.165) is 45.5 Å². The van der Waals surface area contributed by atoms with Crippen molar-refractivity contribution in [2.24, 2.45) is 0 Å². The fraction of sp³-hybridized carbons (Fsp3) is 0.360. The molecule has 1 saturated carbocycles. The van der Waals surface area contributed by atoms with E-state index in [0.29, 0.717) is 37.0 Å². The van der Waals surface area contributed by atoms with E-state index in [1.807, 2.05) is 30.3 Å². The molecule has 0 spiro atoms. The number of rotatable bonds is 4. The lowest BCUT2D eigenvalue weighted by Gasteiger charge is -2.35. The van der Waals surface area contributed by atoms with Gasteiger partial charge in [-0.3, -0.25) is 0 Å². The Morgan fingerprint density at radius 1 is 0.939 bits per heavy atom. The van der Waals surface area contributed by atoms with Crippen LogP contribution in [0.15, 0.2) is 47.4 Å². The van der Waals surface area contributed by atoms with Crippen LogP contribution >= 0.6 is 11.3 Å². The van der Waals surface area contributed by atoms with Crippen LogP contribution in [0.2, 0.25) is 0 Å². The first-order valence-corrected chi connectivity index (χ1v) is 13.7. The van der Waals surface area contributed by atoms with Gasteiger partial charge < -0.3 is 4.90 Å². The van der Waals surface area contributed by atoms with Crippen LogP contribution in [-0.2, 0) is 10.0 Å². The zero-order valence-electron chi connectivity index (χ0n) is 18.8. The number of nitrogens with zero attached hydrogens (tertiary/aromatic N) is 4. The van der Waals surface area contributed by atoms with Gasteiger partial charge in [-0.05, 0) is 55.2 Å². The Morgan fingerprint density at radius 3 is 2.39 bits per heavy atom. The van der Waals surface area contributed by atoms with Gasteiger partial charge in [-0.2, -0.15) is 4.31 Å². The lowest BCUT2D eigenvalue weighted by molar-refractivity contribution is 0.384. The SMILES string of the molecule is Cc1sc2nc(C3CC3)nc(N3CCN(S(=O)(=O)c4ccc5ccccc5c4)CC3)c2c1C. The molecule has 0 atom stereocenters. The van der Waals surface area contributed by atoms with Gasteiger partial charge in [0.2, 0.25) is 10.0 Å². The van der Waals surface area contributed by atoms with E-state index >= 15 is 0 Å². The molecule has 2 aliphatic rings. The van der Waals surface area contributed by atoms with Gasteiger partial charge in [-0.15, -0.1) is 11.3 Å². The van der Waals surface area contributed by atoms with E-state index < -0.39 is 10.0 Å². The normalized spacial score (nSPS) is 17.8. The van der Waals surface area contributed by atoms with Gasteiger partial charge in [0.25, 0.3) is 0 Å². The van der Waals surface area contributed by atoms with Crippen molar-refractivity contribution in [1.82, 2.24) is 14.3 Å². The molecule has 33 heavy (non-hydrogen) atoms.